The molecule has 0 amide bonds. The molecule has 0 saturated heterocycles. The van der Waals surface area contributed by atoms with Crippen molar-refractivity contribution < 1.29 is 9.47 Å². The van der Waals surface area contributed by atoms with Crippen molar-refractivity contribution in [2.24, 2.45) is 4.99 Å². The molecule has 0 aromatic heterocycles. The SMILES string of the molecule is CCCCNC(=NC)NCCCc1ccc(OC)c(OC)c1.I. The normalized spacial score (nSPS) is 10.7. The van der Waals surface area contributed by atoms with E-state index in [1.54, 1.807) is 21.3 Å². The first-order valence-corrected chi connectivity index (χ1v) is 7.90. The number of aryl methyl sites for hydroxylation is 1. The molecule has 1 aromatic carbocycles. The number of halogens is 1. The summed E-state index contributed by atoms with van der Waals surface area (Å²) < 4.78 is 10.6. The molecule has 132 valence electrons. The molecule has 0 heterocycles. The minimum atomic E-state index is 0. The molecule has 5 nitrogen and oxygen atoms in total. The summed E-state index contributed by atoms with van der Waals surface area (Å²) in [6, 6.07) is 6.07. The number of methoxy groups -OCH3 is 2. The standard InChI is InChI=1S/C17H29N3O2.HI/c1-5-6-11-19-17(18-2)20-12-7-8-14-9-10-15(21-3)16(13-14)22-4;/h9-10,13H,5-8,11-12H2,1-4H3,(H2,18,19,20);1H. The highest BCUT2D eigenvalue weighted by molar-refractivity contribution is 14.0. The Morgan fingerprint density at radius 1 is 1.04 bits per heavy atom. The number of nitrogens with one attached hydrogen (secondary N) is 2. The van der Waals surface area contributed by atoms with Gasteiger partial charge in [-0.3, -0.25) is 4.99 Å². The maximum Gasteiger partial charge on any atom is 0.190 e. The van der Waals surface area contributed by atoms with E-state index in [1.807, 2.05) is 12.1 Å². The predicted molar refractivity (Wildman–Crippen MR) is 108 cm³/mol. The number of nitrogens with zero attached hydrogens (tertiary/aromatic N) is 1. The second kappa shape index (κ2) is 13.3. The van der Waals surface area contributed by atoms with Gasteiger partial charge in [0.2, 0.25) is 0 Å². The molecule has 0 aliphatic carbocycles. The fraction of sp³-hybridized carbons (Fsp3) is 0.588. The van der Waals surface area contributed by atoms with Gasteiger partial charge in [-0.25, -0.2) is 0 Å². The van der Waals surface area contributed by atoms with Crippen LogP contribution in [0.5, 0.6) is 11.5 Å². The topological polar surface area (TPSA) is 54.9 Å². The third kappa shape index (κ3) is 8.29. The molecule has 0 fully saturated rings. The van der Waals surface area contributed by atoms with Gasteiger partial charge in [0.1, 0.15) is 0 Å². The first-order valence-electron chi connectivity index (χ1n) is 7.90. The molecule has 0 atom stereocenters. The predicted octanol–water partition coefficient (Wildman–Crippen LogP) is 3.22. The van der Waals surface area contributed by atoms with E-state index in [9.17, 15) is 0 Å². The summed E-state index contributed by atoms with van der Waals surface area (Å²) in [5, 5.41) is 6.64. The van der Waals surface area contributed by atoms with E-state index in [-0.39, 0.29) is 24.0 Å². The van der Waals surface area contributed by atoms with E-state index in [0.717, 1.165) is 49.8 Å². The molecule has 6 heteroatoms. The second-order valence-corrected chi connectivity index (χ2v) is 5.07. The molecular formula is C17H30IN3O2. The van der Waals surface area contributed by atoms with Gasteiger partial charge in [0.15, 0.2) is 17.5 Å². The Hall–Kier alpha value is -1.18. The van der Waals surface area contributed by atoms with Crippen molar-refractivity contribution in [3.63, 3.8) is 0 Å². The van der Waals surface area contributed by atoms with E-state index < -0.39 is 0 Å². The largest absolute Gasteiger partial charge is 0.493 e. The smallest absolute Gasteiger partial charge is 0.190 e. The van der Waals surface area contributed by atoms with Crippen molar-refractivity contribution in [3.05, 3.63) is 23.8 Å². The molecule has 0 radical (unpaired) electrons. The van der Waals surface area contributed by atoms with E-state index in [2.05, 4.69) is 28.6 Å². The number of benzene rings is 1. The van der Waals surface area contributed by atoms with Crippen molar-refractivity contribution in [1.82, 2.24) is 10.6 Å². The summed E-state index contributed by atoms with van der Waals surface area (Å²) in [5.41, 5.74) is 1.24. The quantitative estimate of drug-likeness (QED) is 0.271. The first-order chi connectivity index (χ1) is 10.7. The molecule has 0 spiro atoms. The molecule has 0 aliphatic heterocycles. The Morgan fingerprint density at radius 2 is 1.70 bits per heavy atom. The van der Waals surface area contributed by atoms with Crippen LogP contribution in [0.1, 0.15) is 31.7 Å². The van der Waals surface area contributed by atoms with Gasteiger partial charge < -0.3 is 20.1 Å². The van der Waals surface area contributed by atoms with Crippen LogP contribution in [0.3, 0.4) is 0 Å². The Kier molecular flexibility index (Phi) is 12.6. The van der Waals surface area contributed by atoms with Crippen LogP contribution in [0.4, 0.5) is 0 Å². The summed E-state index contributed by atoms with van der Waals surface area (Å²) in [4.78, 5) is 4.21. The molecule has 2 N–H and O–H groups in total. The third-order valence-electron chi connectivity index (χ3n) is 3.43. The molecule has 1 rings (SSSR count). The first kappa shape index (κ1) is 21.8. The lowest BCUT2D eigenvalue weighted by Gasteiger charge is -2.12. The summed E-state index contributed by atoms with van der Waals surface area (Å²) in [6.45, 7) is 4.03. The lowest BCUT2D eigenvalue weighted by Crippen LogP contribution is -2.38. The lowest BCUT2D eigenvalue weighted by atomic mass is 10.1. The van der Waals surface area contributed by atoms with Crippen LogP contribution in [0.25, 0.3) is 0 Å². The number of aliphatic imine (C=N–C) groups is 1. The highest BCUT2D eigenvalue weighted by Gasteiger charge is 2.04. The third-order valence-corrected chi connectivity index (χ3v) is 3.43. The Bertz CT molecular complexity index is 467. The van der Waals surface area contributed by atoms with E-state index >= 15 is 0 Å². The van der Waals surface area contributed by atoms with Crippen molar-refractivity contribution in [1.29, 1.82) is 0 Å². The number of hydrogen-bond donors (Lipinski definition) is 2. The van der Waals surface area contributed by atoms with Crippen LogP contribution in [-0.4, -0.2) is 40.3 Å². The summed E-state index contributed by atoms with van der Waals surface area (Å²) in [7, 11) is 5.11. The Labute approximate surface area is 157 Å². The Balaban J connectivity index is 0.00000484. The van der Waals surface area contributed by atoms with Gasteiger partial charge in [-0.2, -0.15) is 0 Å². The average Bonchev–Trinajstić information content (AvgIpc) is 2.56. The molecule has 0 unspecified atom stereocenters. The minimum absolute atomic E-state index is 0. The van der Waals surface area contributed by atoms with Gasteiger partial charge in [-0.1, -0.05) is 19.4 Å². The zero-order chi connectivity index (χ0) is 16.2. The maximum absolute atomic E-state index is 5.32. The van der Waals surface area contributed by atoms with Crippen molar-refractivity contribution in [2.75, 3.05) is 34.4 Å². The number of hydrogen-bond acceptors (Lipinski definition) is 3. The van der Waals surface area contributed by atoms with E-state index in [1.165, 1.54) is 12.0 Å². The monoisotopic (exact) mass is 435 g/mol. The second-order valence-electron chi connectivity index (χ2n) is 5.07. The molecule has 0 aliphatic rings. The number of rotatable bonds is 9. The van der Waals surface area contributed by atoms with Crippen LogP contribution in [0.2, 0.25) is 0 Å². The molecule has 1 aromatic rings. The Morgan fingerprint density at radius 3 is 2.26 bits per heavy atom. The maximum atomic E-state index is 5.32. The average molecular weight is 435 g/mol. The summed E-state index contributed by atoms with van der Waals surface area (Å²) >= 11 is 0. The molecule has 0 bridgehead atoms. The van der Waals surface area contributed by atoms with Crippen LogP contribution in [0, 0.1) is 0 Å². The van der Waals surface area contributed by atoms with Gasteiger partial charge in [0, 0.05) is 20.1 Å². The van der Waals surface area contributed by atoms with Crippen molar-refractivity contribution in [3.8, 4) is 11.5 Å². The van der Waals surface area contributed by atoms with Crippen molar-refractivity contribution >= 4 is 29.9 Å². The van der Waals surface area contributed by atoms with Crippen LogP contribution >= 0.6 is 24.0 Å². The van der Waals surface area contributed by atoms with Crippen molar-refractivity contribution in [2.45, 2.75) is 32.6 Å². The summed E-state index contributed by atoms with van der Waals surface area (Å²) in [6.07, 6.45) is 4.36. The van der Waals surface area contributed by atoms with Gasteiger partial charge >= 0.3 is 0 Å². The van der Waals surface area contributed by atoms with Crippen LogP contribution < -0.4 is 20.1 Å². The van der Waals surface area contributed by atoms with Gasteiger partial charge in [0.05, 0.1) is 14.2 Å². The van der Waals surface area contributed by atoms with E-state index in [0.29, 0.717) is 0 Å². The van der Waals surface area contributed by atoms with Gasteiger partial charge in [0.25, 0.3) is 0 Å². The minimum Gasteiger partial charge on any atom is -0.493 e. The fourth-order valence-electron chi connectivity index (χ4n) is 2.14. The highest BCUT2D eigenvalue weighted by atomic mass is 127. The van der Waals surface area contributed by atoms with Crippen LogP contribution in [-0.2, 0) is 6.42 Å². The summed E-state index contributed by atoms with van der Waals surface area (Å²) in [5.74, 6) is 2.43. The highest BCUT2D eigenvalue weighted by Crippen LogP contribution is 2.27. The van der Waals surface area contributed by atoms with Gasteiger partial charge in [-0.05, 0) is 37.0 Å². The van der Waals surface area contributed by atoms with Gasteiger partial charge in [-0.15, -0.1) is 24.0 Å². The fourth-order valence-corrected chi connectivity index (χ4v) is 2.14. The number of unbranched alkanes of at least 4 members (excludes halogenated alkanes) is 1. The van der Waals surface area contributed by atoms with E-state index in [4.69, 9.17) is 9.47 Å². The van der Waals surface area contributed by atoms with Crippen LogP contribution in [0.15, 0.2) is 23.2 Å². The number of ether oxygens (including phenoxy) is 2. The zero-order valence-corrected chi connectivity index (χ0v) is 17.0. The number of guanidine groups is 1. The lowest BCUT2D eigenvalue weighted by molar-refractivity contribution is 0.354. The zero-order valence-electron chi connectivity index (χ0n) is 14.6. The molecular weight excluding hydrogens is 405 g/mol. The molecule has 0 saturated carbocycles. The molecule has 23 heavy (non-hydrogen) atoms.